The van der Waals surface area contributed by atoms with E-state index in [2.05, 4.69) is 29.6 Å². The van der Waals surface area contributed by atoms with Crippen LogP contribution in [0.15, 0.2) is 53.4 Å². The monoisotopic (exact) mass is 492 g/mol. The Hall–Kier alpha value is -2.18. The maximum Gasteiger partial charge on any atom is 0.243 e. The van der Waals surface area contributed by atoms with Gasteiger partial charge in [-0.2, -0.15) is 4.31 Å². The van der Waals surface area contributed by atoms with Crippen molar-refractivity contribution in [2.45, 2.75) is 68.6 Å². The Kier molecular flexibility index (Phi) is 5.80. The van der Waals surface area contributed by atoms with Gasteiger partial charge in [-0.1, -0.05) is 29.8 Å². The number of carbonyl (C=O) groups excluding carboxylic acids is 1. The molecule has 4 bridgehead atoms. The Balaban J connectivity index is 1.12. The van der Waals surface area contributed by atoms with E-state index in [0.29, 0.717) is 29.7 Å². The molecule has 5 nitrogen and oxygen atoms in total. The standard InChI is InChI=1S/C29H36N2O3S/c1-20-4-10-27(11-5-20)35(33,34)31-12-2-3-24(19-31)28(32)30-26-8-6-25(7-9-26)29-16-21-13-22(17-29)15-23(14-21)18-29/h4-11,21-24H,2-3,12-19H2,1H3,(H,30,32). The Morgan fingerprint density at radius 2 is 1.51 bits per heavy atom. The van der Waals surface area contributed by atoms with Crippen LogP contribution in [0.2, 0.25) is 0 Å². The molecular formula is C29H36N2O3S. The lowest BCUT2D eigenvalue weighted by Crippen LogP contribution is -2.48. The average Bonchev–Trinajstić information content (AvgIpc) is 2.84. The van der Waals surface area contributed by atoms with Crippen molar-refractivity contribution in [1.29, 1.82) is 0 Å². The topological polar surface area (TPSA) is 66.5 Å². The highest BCUT2D eigenvalue weighted by Gasteiger charge is 2.51. The van der Waals surface area contributed by atoms with E-state index < -0.39 is 10.0 Å². The molecule has 4 saturated carbocycles. The molecule has 35 heavy (non-hydrogen) atoms. The zero-order chi connectivity index (χ0) is 24.2. The van der Waals surface area contributed by atoms with Crippen LogP contribution in [0.4, 0.5) is 5.69 Å². The van der Waals surface area contributed by atoms with Crippen LogP contribution in [0, 0.1) is 30.6 Å². The molecule has 2 aromatic rings. The van der Waals surface area contributed by atoms with Crippen molar-refractivity contribution in [3.05, 3.63) is 59.7 Å². The number of carbonyl (C=O) groups is 1. The largest absolute Gasteiger partial charge is 0.326 e. The number of aryl methyl sites for hydroxylation is 1. The number of nitrogens with zero attached hydrogens (tertiary/aromatic N) is 1. The molecule has 0 spiro atoms. The van der Waals surface area contributed by atoms with Crippen LogP contribution in [0.3, 0.4) is 0 Å². The minimum Gasteiger partial charge on any atom is -0.326 e. The molecule has 1 unspecified atom stereocenters. The molecule has 0 aromatic heterocycles. The predicted octanol–water partition coefficient (Wildman–Crippen LogP) is 5.50. The van der Waals surface area contributed by atoms with Gasteiger partial charge in [0.05, 0.1) is 10.8 Å². The highest BCUT2D eigenvalue weighted by molar-refractivity contribution is 7.89. The zero-order valence-electron chi connectivity index (χ0n) is 20.6. The third-order valence-electron chi connectivity index (χ3n) is 9.22. The van der Waals surface area contributed by atoms with Crippen molar-refractivity contribution in [2.75, 3.05) is 18.4 Å². The summed E-state index contributed by atoms with van der Waals surface area (Å²) < 4.78 is 27.7. The Morgan fingerprint density at radius 3 is 2.11 bits per heavy atom. The summed E-state index contributed by atoms with van der Waals surface area (Å²) in [7, 11) is -3.59. The lowest BCUT2D eigenvalue weighted by Gasteiger charge is -2.57. The quantitative estimate of drug-likeness (QED) is 0.599. The first kappa shape index (κ1) is 23.2. The molecular weight excluding hydrogens is 456 g/mol. The van der Waals surface area contributed by atoms with Gasteiger partial charge in [-0.15, -0.1) is 0 Å². The predicted molar refractivity (Wildman–Crippen MR) is 138 cm³/mol. The van der Waals surface area contributed by atoms with E-state index >= 15 is 0 Å². The van der Waals surface area contributed by atoms with Gasteiger partial charge in [-0.3, -0.25) is 4.79 Å². The summed E-state index contributed by atoms with van der Waals surface area (Å²) in [4.78, 5) is 13.4. The smallest absolute Gasteiger partial charge is 0.243 e. The summed E-state index contributed by atoms with van der Waals surface area (Å²) in [6.07, 6.45) is 9.70. The number of sulfonamides is 1. The number of hydrogen-bond donors (Lipinski definition) is 1. The second kappa shape index (κ2) is 8.74. The first-order chi connectivity index (χ1) is 16.8. The second-order valence-electron chi connectivity index (χ2n) is 11.8. The van der Waals surface area contributed by atoms with E-state index in [1.807, 2.05) is 19.1 Å². The van der Waals surface area contributed by atoms with E-state index in [1.54, 1.807) is 12.1 Å². The number of benzene rings is 2. The number of amides is 1. The molecule has 1 aliphatic heterocycles. The van der Waals surface area contributed by atoms with Gasteiger partial charge in [0.1, 0.15) is 0 Å². The SMILES string of the molecule is Cc1ccc(S(=O)(=O)N2CCCC(C(=O)Nc3ccc(C45CC6CC(CC(C6)C4)C5)cc3)C2)cc1. The van der Waals surface area contributed by atoms with Crippen molar-refractivity contribution in [2.24, 2.45) is 23.7 Å². The molecule has 1 N–H and O–H groups in total. The zero-order valence-corrected chi connectivity index (χ0v) is 21.4. The first-order valence-corrected chi connectivity index (χ1v) is 14.7. The minimum atomic E-state index is -3.59. The molecule has 5 aliphatic rings. The van der Waals surface area contributed by atoms with Gasteiger partial charge in [0.25, 0.3) is 0 Å². The molecule has 186 valence electrons. The normalized spacial score (nSPS) is 32.5. The van der Waals surface area contributed by atoms with Gasteiger partial charge >= 0.3 is 0 Å². The van der Waals surface area contributed by atoms with Gasteiger partial charge in [0.2, 0.25) is 15.9 Å². The van der Waals surface area contributed by atoms with Crippen LogP contribution in [0.5, 0.6) is 0 Å². The molecule has 1 atom stereocenters. The van der Waals surface area contributed by atoms with Crippen molar-refractivity contribution in [3.8, 4) is 0 Å². The molecule has 1 heterocycles. The fraction of sp³-hybridized carbons (Fsp3) is 0.552. The summed E-state index contributed by atoms with van der Waals surface area (Å²) in [6.45, 7) is 2.63. The highest BCUT2D eigenvalue weighted by atomic mass is 32.2. The lowest BCUT2D eigenvalue weighted by atomic mass is 9.48. The van der Waals surface area contributed by atoms with Gasteiger partial charge < -0.3 is 5.32 Å². The Morgan fingerprint density at radius 1 is 0.914 bits per heavy atom. The molecule has 1 amide bonds. The summed E-state index contributed by atoms with van der Waals surface area (Å²) in [6, 6.07) is 15.5. The number of rotatable bonds is 5. The van der Waals surface area contributed by atoms with Crippen LogP contribution < -0.4 is 5.32 Å². The fourth-order valence-electron chi connectivity index (χ4n) is 7.85. The second-order valence-corrected chi connectivity index (χ2v) is 13.7. The summed E-state index contributed by atoms with van der Waals surface area (Å²) in [5.74, 6) is 2.30. The molecule has 2 aromatic carbocycles. The number of anilines is 1. The fourth-order valence-corrected chi connectivity index (χ4v) is 9.37. The number of piperidine rings is 1. The van der Waals surface area contributed by atoms with E-state index in [1.165, 1.54) is 48.4 Å². The van der Waals surface area contributed by atoms with E-state index in [9.17, 15) is 13.2 Å². The van der Waals surface area contributed by atoms with Crippen molar-refractivity contribution in [1.82, 2.24) is 4.31 Å². The van der Waals surface area contributed by atoms with Crippen LogP contribution in [-0.4, -0.2) is 31.7 Å². The highest BCUT2D eigenvalue weighted by Crippen LogP contribution is 2.60. The van der Waals surface area contributed by atoms with E-state index in [4.69, 9.17) is 0 Å². The molecule has 4 aliphatic carbocycles. The Labute approximate surface area is 209 Å². The van der Waals surface area contributed by atoms with Crippen LogP contribution >= 0.6 is 0 Å². The molecule has 0 radical (unpaired) electrons. The van der Waals surface area contributed by atoms with Crippen molar-refractivity contribution < 1.29 is 13.2 Å². The maximum atomic E-state index is 13.1. The molecule has 6 heteroatoms. The van der Waals surface area contributed by atoms with Gasteiger partial charge in [0, 0.05) is 18.8 Å². The van der Waals surface area contributed by atoms with Crippen molar-refractivity contribution in [3.63, 3.8) is 0 Å². The molecule has 1 saturated heterocycles. The summed E-state index contributed by atoms with van der Waals surface area (Å²) in [5, 5.41) is 3.07. The average molecular weight is 493 g/mol. The number of nitrogens with one attached hydrogen (secondary N) is 1. The Bertz CT molecular complexity index is 1170. The molecule has 7 rings (SSSR count). The third-order valence-corrected chi connectivity index (χ3v) is 11.1. The van der Waals surface area contributed by atoms with Crippen molar-refractivity contribution >= 4 is 21.6 Å². The van der Waals surface area contributed by atoms with E-state index in [0.717, 1.165) is 29.0 Å². The summed E-state index contributed by atoms with van der Waals surface area (Å²) in [5.41, 5.74) is 3.63. The van der Waals surface area contributed by atoms with Crippen LogP contribution in [0.25, 0.3) is 0 Å². The van der Waals surface area contributed by atoms with Crippen LogP contribution in [-0.2, 0) is 20.2 Å². The van der Waals surface area contributed by atoms with Gasteiger partial charge in [0.15, 0.2) is 0 Å². The third kappa shape index (κ3) is 4.33. The summed E-state index contributed by atoms with van der Waals surface area (Å²) >= 11 is 0. The molecule has 5 fully saturated rings. The van der Waals surface area contributed by atoms with Gasteiger partial charge in [-0.05, 0) is 111 Å². The van der Waals surface area contributed by atoms with Gasteiger partial charge in [-0.25, -0.2) is 8.42 Å². The number of hydrogen-bond acceptors (Lipinski definition) is 3. The lowest BCUT2D eigenvalue weighted by molar-refractivity contribution is -0.120. The van der Waals surface area contributed by atoms with E-state index in [-0.39, 0.29) is 18.4 Å². The first-order valence-electron chi connectivity index (χ1n) is 13.3. The maximum absolute atomic E-state index is 13.1. The van der Waals surface area contributed by atoms with Crippen LogP contribution in [0.1, 0.15) is 62.5 Å². The minimum absolute atomic E-state index is 0.0867.